The molecule has 1 aromatic carbocycles. The van der Waals surface area contributed by atoms with Crippen molar-refractivity contribution >= 4 is 11.6 Å². The van der Waals surface area contributed by atoms with E-state index in [9.17, 15) is 0 Å². The molecule has 0 saturated heterocycles. The second-order valence-corrected chi connectivity index (χ2v) is 4.34. The number of imidazole rings is 1. The largest absolute Gasteiger partial charge is 0.346 e. The Morgan fingerprint density at radius 3 is 2.50 bits per heavy atom. The second kappa shape index (κ2) is 4.71. The summed E-state index contributed by atoms with van der Waals surface area (Å²) in [5, 5.41) is 0. The molecule has 3 heteroatoms. The minimum atomic E-state index is 0.598. The summed E-state index contributed by atoms with van der Waals surface area (Å²) in [6, 6.07) is 8.40. The monoisotopic (exact) mass is 234 g/mol. The number of nitrogens with one attached hydrogen (secondary N) is 1. The van der Waals surface area contributed by atoms with Gasteiger partial charge in [-0.1, -0.05) is 29.8 Å². The van der Waals surface area contributed by atoms with Gasteiger partial charge in [-0.25, -0.2) is 4.98 Å². The van der Waals surface area contributed by atoms with E-state index in [1.165, 1.54) is 5.56 Å². The number of benzene rings is 1. The first kappa shape index (κ1) is 11.2. The molecule has 0 amide bonds. The minimum Gasteiger partial charge on any atom is -0.346 e. The molecule has 2 nitrogen and oxygen atoms in total. The van der Waals surface area contributed by atoms with E-state index in [-0.39, 0.29) is 0 Å². The molecule has 0 aliphatic carbocycles. The van der Waals surface area contributed by atoms with Crippen molar-refractivity contribution in [2.24, 2.45) is 0 Å². The first-order chi connectivity index (χ1) is 7.70. The summed E-state index contributed by atoms with van der Waals surface area (Å²) in [6.45, 7) is 4.13. The number of aryl methyl sites for hydroxylation is 3. The molecular weight excluding hydrogens is 220 g/mol. The first-order valence-corrected chi connectivity index (χ1v) is 5.92. The molecule has 2 aromatic rings. The highest BCUT2D eigenvalue weighted by Gasteiger charge is 2.07. The van der Waals surface area contributed by atoms with Crippen molar-refractivity contribution in [2.45, 2.75) is 20.3 Å². The molecule has 0 aliphatic heterocycles. The maximum Gasteiger partial charge on any atom is 0.108 e. The van der Waals surface area contributed by atoms with Crippen molar-refractivity contribution < 1.29 is 0 Å². The Bertz CT molecular complexity index is 471. The van der Waals surface area contributed by atoms with Gasteiger partial charge in [0.25, 0.3) is 0 Å². The zero-order valence-corrected chi connectivity index (χ0v) is 10.3. The van der Waals surface area contributed by atoms with Gasteiger partial charge in [0.15, 0.2) is 0 Å². The lowest BCUT2D eigenvalue weighted by Gasteiger charge is -1.98. The number of hydrogen-bond donors (Lipinski definition) is 1. The van der Waals surface area contributed by atoms with Gasteiger partial charge in [-0.15, -0.1) is 11.6 Å². The summed E-state index contributed by atoms with van der Waals surface area (Å²) in [5.74, 6) is 1.56. The highest BCUT2D eigenvalue weighted by molar-refractivity contribution is 6.17. The average Bonchev–Trinajstić information content (AvgIpc) is 2.61. The van der Waals surface area contributed by atoms with Gasteiger partial charge in [0.1, 0.15) is 5.82 Å². The highest BCUT2D eigenvalue weighted by atomic mass is 35.5. The lowest BCUT2D eigenvalue weighted by Crippen LogP contribution is -1.88. The molecule has 16 heavy (non-hydrogen) atoms. The number of aromatic amines is 1. The fourth-order valence-corrected chi connectivity index (χ4v) is 1.90. The molecule has 0 atom stereocenters. The van der Waals surface area contributed by atoms with Crippen LogP contribution in [-0.2, 0) is 6.42 Å². The number of alkyl halides is 1. The van der Waals surface area contributed by atoms with Crippen LogP contribution in [0.5, 0.6) is 0 Å². The lowest BCUT2D eigenvalue weighted by molar-refractivity contribution is 0.988. The van der Waals surface area contributed by atoms with E-state index < -0.39 is 0 Å². The number of nitrogens with zero attached hydrogens (tertiary/aromatic N) is 1. The second-order valence-electron chi connectivity index (χ2n) is 3.96. The summed E-state index contributed by atoms with van der Waals surface area (Å²) in [5.41, 5.74) is 4.54. The quantitative estimate of drug-likeness (QED) is 0.810. The van der Waals surface area contributed by atoms with Crippen LogP contribution >= 0.6 is 11.6 Å². The van der Waals surface area contributed by atoms with Crippen molar-refractivity contribution in [3.8, 4) is 11.3 Å². The third-order valence-corrected chi connectivity index (χ3v) is 2.78. The molecule has 0 bridgehead atoms. The van der Waals surface area contributed by atoms with Crippen molar-refractivity contribution in [1.29, 1.82) is 0 Å². The summed E-state index contributed by atoms with van der Waals surface area (Å²) in [7, 11) is 0. The molecule has 0 aliphatic rings. The van der Waals surface area contributed by atoms with Crippen LogP contribution in [0.1, 0.15) is 17.1 Å². The van der Waals surface area contributed by atoms with Crippen LogP contribution < -0.4 is 0 Å². The van der Waals surface area contributed by atoms with Gasteiger partial charge in [-0.05, 0) is 13.8 Å². The molecular formula is C13H15ClN2. The molecule has 0 radical (unpaired) electrons. The summed E-state index contributed by atoms with van der Waals surface area (Å²) >= 11 is 5.70. The Morgan fingerprint density at radius 2 is 1.88 bits per heavy atom. The van der Waals surface area contributed by atoms with Crippen molar-refractivity contribution in [3.05, 3.63) is 41.3 Å². The smallest absolute Gasteiger partial charge is 0.108 e. The Morgan fingerprint density at radius 1 is 1.19 bits per heavy atom. The predicted octanol–water partition coefficient (Wildman–Crippen LogP) is 3.47. The summed E-state index contributed by atoms with van der Waals surface area (Å²) in [6.07, 6.45) is 0.786. The topological polar surface area (TPSA) is 28.7 Å². The van der Waals surface area contributed by atoms with Gasteiger partial charge in [0, 0.05) is 23.6 Å². The third kappa shape index (κ3) is 2.27. The summed E-state index contributed by atoms with van der Waals surface area (Å²) < 4.78 is 0. The molecule has 0 saturated carbocycles. The number of H-pyrrole nitrogens is 1. The third-order valence-electron chi connectivity index (χ3n) is 2.59. The molecule has 1 N–H and O–H groups in total. The van der Waals surface area contributed by atoms with Gasteiger partial charge in [-0.3, -0.25) is 0 Å². The summed E-state index contributed by atoms with van der Waals surface area (Å²) in [4.78, 5) is 7.82. The minimum absolute atomic E-state index is 0.598. The number of aromatic nitrogens is 2. The fraction of sp³-hybridized carbons (Fsp3) is 0.308. The maximum atomic E-state index is 5.70. The molecule has 0 fully saturated rings. The van der Waals surface area contributed by atoms with E-state index in [4.69, 9.17) is 11.6 Å². The number of rotatable bonds is 3. The van der Waals surface area contributed by atoms with E-state index >= 15 is 0 Å². The Hall–Kier alpha value is -1.28. The van der Waals surface area contributed by atoms with Crippen molar-refractivity contribution in [3.63, 3.8) is 0 Å². The van der Waals surface area contributed by atoms with E-state index in [1.54, 1.807) is 0 Å². The lowest BCUT2D eigenvalue weighted by atomic mass is 10.1. The Balaban J connectivity index is 2.36. The predicted molar refractivity (Wildman–Crippen MR) is 67.9 cm³/mol. The van der Waals surface area contributed by atoms with Crippen LogP contribution in [0, 0.1) is 13.8 Å². The van der Waals surface area contributed by atoms with Crippen LogP contribution in [0.3, 0.4) is 0 Å². The molecule has 1 heterocycles. The van der Waals surface area contributed by atoms with Gasteiger partial charge < -0.3 is 4.98 Å². The van der Waals surface area contributed by atoms with Gasteiger partial charge in [0.05, 0.1) is 5.69 Å². The Labute approximate surface area is 101 Å². The van der Waals surface area contributed by atoms with E-state index in [0.29, 0.717) is 5.88 Å². The highest BCUT2D eigenvalue weighted by Crippen LogP contribution is 2.21. The van der Waals surface area contributed by atoms with E-state index in [2.05, 4.69) is 41.2 Å². The molecule has 2 rings (SSSR count). The molecule has 0 spiro atoms. The zero-order chi connectivity index (χ0) is 11.5. The molecule has 0 unspecified atom stereocenters. The van der Waals surface area contributed by atoms with E-state index in [1.807, 2.05) is 6.92 Å². The van der Waals surface area contributed by atoms with Crippen molar-refractivity contribution in [2.75, 3.05) is 5.88 Å². The SMILES string of the molecule is Cc1ccc(-c2nc(CCCl)[nH]c2C)cc1. The zero-order valence-electron chi connectivity index (χ0n) is 9.55. The number of halogens is 1. The van der Waals surface area contributed by atoms with Gasteiger partial charge in [0.2, 0.25) is 0 Å². The fourth-order valence-electron chi connectivity index (χ4n) is 1.72. The maximum absolute atomic E-state index is 5.70. The molecule has 84 valence electrons. The standard InChI is InChI=1S/C13H15ClN2/c1-9-3-5-11(6-4-9)13-10(2)15-12(16-13)7-8-14/h3-6H,7-8H2,1-2H3,(H,15,16). The van der Waals surface area contributed by atoms with Gasteiger partial charge in [-0.2, -0.15) is 0 Å². The first-order valence-electron chi connectivity index (χ1n) is 5.39. The van der Waals surface area contributed by atoms with Crippen molar-refractivity contribution in [1.82, 2.24) is 9.97 Å². The van der Waals surface area contributed by atoms with E-state index in [0.717, 1.165) is 29.2 Å². The van der Waals surface area contributed by atoms with Crippen LogP contribution in [0.2, 0.25) is 0 Å². The Kier molecular flexibility index (Phi) is 3.30. The van der Waals surface area contributed by atoms with Crippen LogP contribution in [-0.4, -0.2) is 15.8 Å². The normalized spacial score (nSPS) is 10.7. The number of hydrogen-bond acceptors (Lipinski definition) is 1. The molecule has 1 aromatic heterocycles. The van der Waals surface area contributed by atoms with Gasteiger partial charge >= 0.3 is 0 Å². The average molecular weight is 235 g/mol. The van der Waals surface area contributed by atoms with Crippen LogP contribution in [0.15, 0.2) is 24.3 Å². The van der Waals surface area contributed by atoms with Crippen LogP contribution in [0.4, 0.5) is 0 Å². The van der Waals surface area contributed by atoms with Crippen LogP contribution in [0.25, 0.3) is 11.3 Å².